The van der Waals surface area contributed by atoms with Gasteiger partial charge in [-0.1, -0.05) is 12.2 Å². The number of carbonyl (C=O) groups is 3. The van der Waals surface area contributed by atoms with Crippen LogP contribution >= 0.6 is 11.8 Å². The fraction of sp³-hybridized carbons (Fsp3) is 0.722. The normalized spacial score (nSPS) is 23.4. The van der Waals surface area contributed by atoms with Crippen molar-refractivity contribution in [1.82, 2.24) is 0 Å². The van der Waals surface area contributed by atoms with Crippen molar-refractivity contribution < 1.29 is 33.3 Å². The third-order valence-electron chi connectivity index (χ3n) is 3.83. The summed E-state index contributed by atoms with van der Waals surface area (Å²) in [5.41, 5.74) is 0. The second-order valence-electron chi connectivity index (χ2n) is 6.37. The lowest BCUT2D eigenvalue weighted by atomic mass is 10.0. The minimum absolute atomic E-state index is 0.233. The van der Waals surface area contributed by atoms with Gasteiger partial charge in [0.05, 0.1) is 7.11 Å². The Balaban J connectivity index is 2.64. The smallest absolute Gasteiger partial charge is 0.367 e. The van der Waals surface area contributed by atoms with Gasteiger partial charge in [-0.2, -0.15) is 0 Å². The van der Waals surface area contributed by atoms with E-state index in [0.29, 0.717) is 25.7 Å². The molecule has 1 aliphatic rings. The molecule has 1 aliphatic heterocycles. The Kier molecular flexibility index (Phi) is 9.90. The average Bonchev–Trinajstić information content (AvgIpc) is 2.61. The highest BCUT2D eigenvalue weighted by atomic mass is 32.2. The minimum Gasteiger partial charge on any atom is -0.469 e. The van der Waals surface area contributed by atoms with Crippen molar-refractivity contribution >= 4 is 29.3 Å². The van der Waals surface area contributed by atoms with Crippen LogP contribution in [0.4, 0.5) is 4.79 Å². The summed E-state index contributed by atoms with van der Waals surface area (Å²) in [4.78, 5) is 34.0. The Morgan fingerprint density at radius 3 is 2.65 bits per heavy atom. The first-order valence-corrected chi connectivity index (χ1v) is 9.81. The molecule has 3 atom stereocenters. The molecule has 26 heavy (non-hydrogen) atoms. The summed E-state index contributed by atoms with van der Waals surface area (Å²) in [6.07, 6.45) is 7.23. The molecule has 0 amide bonds. The van der Waals surface area contributed by atoms with E-state index in [0.717, 1.165) is 24.5 Å². The first-order valence-electron chi connectivity index (χ1n) is 8.58. The van der Waals surface area contributed by atoms with Crippen LogP contribution in [-0.4, -0.2) is 55.0 Å². The van der Waals surface area contributed by atoms with Crippen LogP contribution in [0.1, 0.15) is 46.0 Å². The van der Waals surface area contributed by atoms with Crippen LogP contribution in [0.2, 0.25) is 0 Å². The Morgan fingerprint density at radius 2 is 2.04 bits per heavy atom. The van der Waals surface area contributed by atoms with Gasteiger partial charge in [0.15, 0.2) is 5.79 Å². The quantitative estimate of drug-likeness (QED) is 0.257. The van der Waals surface area contributed by atoms with E-state index < -0.39 is 29.4 Å². The summed E-state index contributed by atoms with van der Waals surface area (Å²) in [5, 5.41) is -0.398. The third-order valence-corrected chi connectivity index (χ3v) is 4.26. The number of esters is 1. The molecule has 148 valence electrons. The van der Waals surface area contributed by atoms with Crippen molar-refractivity contribution in [1.29, 1.82) is 0 Å². The number of thioether (sulfide) groups is 1. The second-order valence-corrected chi connectivity index (χ2v) is 7.11. The van der Waals surface area contributed by atoms with Gasteiger partial charge in [-0.05, 0) is 44.7 Å². The van der Waals surface area contributed by atoms with Crippen LogP contribution in [0.25, 0.3) is 0 Å². The summed E-state index contributed by atoms with van der Waals surface area (Å²) in [6.45, 7) is 3.46. The molecule has 1 heterocycles. The first-order chi connectivity index (χ1) is 12.3. The first kappa shape index (κ1) is 22.7. The number of ether oxygens (including phenoxy) is 4. The lowest BCUT2D eigenvalue weighted by Crippen LogP contribution is -2.50. The Bertz CT molecular complexity index is 504. The van der Waals surface area contributed by atoms with Gasteiger partial charge in [0, 0.05) is 19.3 Å². The van der Waals surface area contributed by atoms with E-state index >= 15 is 0 Å². The van der Waals surface area contributed by atoms with Gasteiger partial charge in [0.1, 0.15) is 24.6 Å². The van der Waals surface area contributed by atoms with E-state index in [2.05, 4.69) is 4.74 Å². The van der Waals surface area contributed by atoms with Crippen LogP contribution in [-0.2, 0) is 28.5 Å². The monoisotopic (exact) mass is 388 g/mol. The highest BCUT2D eigenvalue weighted by Crippen LogP contribution is 2.30. The molecular formula is C18H28O7S. The molecule has 8 heteroatoms. The van der Waals surface area contributed by atoms with Gasteiger partial charge in [0.2, 0.25) is 0 Å². The molecule has 0 unspecified atom stereocenters. The topological polar surface area (TPSA) is 88.1 Å². The Labute approximate surface area is 158 Å². The fourth-order valence-electron chi connectivity index (χ4n) is 2.66. The summed E-state index contributed by atoms with van der Waals surface area (Å²) >= 11 is 0.984. The molecular weight excluding hydrogens is 360 g/mol. The molecule has 0 radical (unpaired) electrons. The highest BCUT2D eigenvalue weighted by molar-refractivity contribution is 8.12. The molecule has 1 saturated heterocycles. The number of carbonyl (C=O) groups excluding carboxylic acids is 3. The predicted molar refractivity (Wildman–Crippen MR) is 97.9 cm³/mol. The summed E-state index contributed by atoms with van der Waals surface area (Å²) in [6, 6.07) is 0. The fourth-order valence-corrected chi connectivity index (χ4v) is 2.87. The third kappa shape index (κ3) is 8.33. The van der Waals surface area contributed by atoms with Crippen LogP contribution in [0.3, 0.4) is 0 Å². The van der Waals surface area contributed by atoms with E-state index in [1.54, 1.807) is 20.1 Å². The standard InChI is InChI=1S/C18H28O7S/c1-18(2)24-13(12-19)11-15(25-18)14(23-17(21)26-4)9-7-5-6-8-10-16(20)22-3/h5,7,12-15H,6,8-11H2,1-4H3/b7-5-/t13-,14+,15+/m1/s1. The molecule has 0 aliphatic carbocycles. The van der Waals surface area contributed by atoms with E-state index in [-0.39, 0.29) is 5.97 Å². The summed E-state index contributed by atoms with van der Waals surface area (Å²) < 4.78 is 21.5. The zero-order chi connectivity index (χ0) is 19.6. The summed E-state index contributed by atoms with van der Waals surface area (Å²) in [5.74, 6) is -1.16. The van der Waals surface area contributed by atoms with Crippen molar-refractivity contribution in [3.05, 3.63) is 12.2 Å². The molecule has 0 aromatic heterocycles. The maximum absolute atomic E-state index is 11.7. The molecule has 1 rings (SSSR count). The van der Waals surface area contributed by atoms with Crippen LogP contribution in [0.5, 0.6) is 0 Å². The lowest BCUT2D eigenvalue weighted by molar-refractivity contribution is -0.303. The maximum Gasteiger partial charge on any atom is 0.367 e. The van der Waals surface area contributed by atoms with Gasteiger partial charge >= 0.3 is 11.3 Å². The van der Waals surface area contributed by atoms with Crippen LogP contribution in [0, 0.1) is 0 Å². The van der Waals surface area contributed by atoms with E-state index in [1.165, 1.54) is 7.11 Å². The molecule has 0 spiro atoms. The number of aldehydes is 1. The van der Waals surface area contributed by atoms with Gasteiger partial charge in [-0.25, -0.2) is 4.79 Å². The van der Waals surface area contributed by atoms with Gasteiger partial charge < -0.3 is 23.7 Å². The zero-order valence-corrected chi connectivity index (χ0v) is 16.6. The summed E-state index contributed by atoms with van der Waals surface area (Å²) in [7, 11) is 1.37. The predicted octanol–water partition coefficient (Wildman–Crippen LogP) is 3.25. The average molecular weight is 388 g/mol. The molecule has 0 aromatic rings. The number of unbranched alkanes of at least 4 members (excludes halogenated alkanes) is 1. The second kappa shape index (κ2) is 11.4. The van der Waals surface area contributed by atoms with Crippen molar-refractivity contribution in [2.45, 2.75) is 70.1 Å². The largest absolute Gasteiger partial charge is 0.469 e. The molecule has 1 fully saturated rings. The van der Waals surface area contributed by atoms with Gasteiger partial charge in [-0.15, -0.1) is 0 Å². The zero-order valence-electron chi connectivity index (χ0n) is 15.8. The lowest BCUT2D eigenvalue weighted by Gasteiger charge is -2.41. The van der Waals surface area contributed by atoms with Gasteiger partial charge in [0.25, 0.3) is 0 Å². The van der Waals surface area contributed by atoms with E-state index in [4.69, 9.17) is 14.2 Å². The molecule has 0 saturated carbocycles. The Morgan fingerprint density at radius 1 is 1.31 bits per heavy atom. The number of hydrogen-bond donors (Lipinski definition) is 0. The van der Waals surface area contributed by atoms with Crippen molar-refractivity contribution in [2.24, 2.45) is 0 Å². The SMILES string of the molecule is COC(=O)CCC/C=C\C[C@H](OC(=O)SC)[C@@H]1C[C@H](C=O)OC(C)(C)O1. The number of allylic oxidation sites excluding steroid dienone is 1. The van der Waals surface area contributed by atoms with Crippen molar-refractivity contribution in [3.63, 3.8) is 0 Å². The van der Waals surface area contributed by atoms with Crippen molar-refractivity contribution in [3.8, 4) is 0 Å². The van der Waals surface area contributed by atoms with Crippen LogP contribution < -0.4 is 0 Å². The molecule has 0 N–H and O–H groups in total. The molecule has 0 bridgehead atoms. The number of rotatable bonds is 9. The van der Waals surface area contributed by atoms with E-state index in [9.17, 15) is 14.4 Å². The minimum atomic E-state index is -0.928. The highest BCUT2D eigenvalue weighted by Gasteiger charge is 2.40. The maximum atomic E-state index is 11.7. The Hall–Kier alpha value is -1.38. The number of methoxy groups -OCH3 is 1. The van der Waals surface area contributed by atoms with Crippen LogP contribution in [0.15, 0.2) is 12.2 Å². The van der Waals surface area contributed by atoms with Gasteiger partial charge in [-0.3, -0.25) is 4.79 Å². The van der Waals surface area contributed by atoms with E-state index in [1.807, 2.05) is 12.2 Å². The number of hydrogen-bond acceptors (Lipinski definition) is 8. The molecule has 0 aromatic carbocycles. The molecule has 7 nitrogen and oxygen atoms in total. The van der Waals surface area contributed by atoms with Crippen molar-refractivity contribution in [2.75, 3.05) is 13.4 Å².